The summed E-state index contributed by atoms with van der Waals surface area (Å²) in [6.45, 7) is 3.56. The highest BCUT2D eigenvalue weighted by atomic mass is 16.4. The number of rotatable bonds is 5. The third-order valence-electron chi connectivity index (χ3n) is 4.18. The van der Waals surface area contributed by atoms with Crippen LogP contribution in [0.1, 0.15) is 36.8 Å². The highest BCUT2D eigenvalue weighted by Gasteiger charge is 2.25. The predicted octanol–water partition coefficient (Wildman–Crippen LogP) is 2.68. The van der Waals surface area contributed by atoms with Crippen molar-refractivity contribution in [2.24, 2.45) is 11.8 Å². The number of carbonyl (C=O) groups is 1. The van der Waals surface area contributed by atoms with Crippen LogP contribution in [-0.4, -0.2) is 22.7 Å². The molecule has 0 bridgehead atoms. The van der Waals surface area contributed by atoms with E-state index in [0.29, 0.717) is 18.2 Å². The Hall–Kier alpha value is -1.55. The molecule has 0 atom stereocenters. The second-order valence-electron chi connectivity index (χ2n) is 5.82. The second kappa shape index (κ2) is 6.75. The van der Waals surface area contributed by atoms with Crippen LogP contribution < -0.4 is 5.32 Å². The molecule has 1 aliphatic rings. The van der Waals surface area contributed by atoms with E-state index in [1.165, 1.54) is 0 Å². The fourth-order valence-corrected chi connectivity index (χ4v) is 2.88. The van der Waals surface area contributed by atoms with Gasteiger partial charge in [0.2, 0.25) is 0 Å². The first-order valence-electron chi connectivity index (χ1n) is 7.28. The molecule has 1 fully saturated rings. The number of hydrogen-bond acceptors (Lipinski definition) is 3. The molecule has 0 spiro atoms. The van der Waals surface area contributed by atoms with Crippen molar-refractivity contribution in [2.45, 2.75) is 39.2 Å². The van der Waals surface area contributed by atoms with Gasteiger partial charge in [0.25, 0.3) is 0 Å². The molecule has 0 aliphatic heterocycles. The molecular weight excluding hydrogens is 254 g/mol. The number of aliphatic carboxylic acids is 1. The van der Waals surface area contributed by atoms with Crippen molar-refractivity contribution in [3.05, 3.63) is 29.3 Å². The van der Waals surface area contributed by atoms with Crippen LogP contribution in [0.25, 0.3) is 0 Å². The highest BCUT2D eigenvalue weighted by Crippen LogP contribution is 2.28. The molecule has 0 radical (unpaired) electrons. The van der Waals surface area contributed by atoms with Crippen LogP contribution in [0.4, 0.5) is 0 Å². The molecule has 20 heavy (non-hydrogen) atoms. The lowest BCUT2D eigenvalue weighted by Crippen LogP contribution is -2.28. The van der Waals surface area contributed by atoms with Crippen molar-refractivity contribution < 1.29 is 15.0 Å². The van der Waals surface area contributed by atoms with Gasteiger partial charge in [-0.25, -0.2) is 0 Å². The Labute approximate surface area is 119 Å². The summed E-state index contributed by atoms with van der Waals surface area (Å²) in [5.74, 6) is 0.0865. The van der Waals surface area contributed by atoms with Gasteiger partial charge in [0.1, 0.15) is 5.75 Å². The predicted molar refractivity (Wildman–Crippen MR) is 77.6 cm³/mol. The Bertz CT molecular complexity index is 465. The third-order valence-corrected chi connectivity index (χ3v) is 4.18. The summed E-state index contributed by atoms with van der Waals surface area (Å²) in [7, 11) is 0. The summed E-state index contributed by atoms with van der Waals surface area (Å²) in [5.41, 5.74) is 2.06. The standard InChI is InChI=1S/C16H23NO3/c1-11-2-7-15(18)14(8-11)10-17-9-12-3-5-13(6-4-12)16(19)20/h2,7-8,12-13,17-18H,3-6,9-10H2,1H3,(H,19,20). The van der Waals surface area contributed by atoms with Crippen LogP contribution in [0.15, 0.2) is 18.2 Å². The van der Waals surface area contributed by atoms with Crippen molar-refractivity contribution in [2.75, 3.05) is 6.54 Å². The zero-order valence-electron chi connectivity index (χ0n) is 11.9. The SMILES string of the molecule is Cc1ccc(O)c(CNCC2CCC(C(=O)O)CC2)c1. The molecule has 1 aromatic carbocycles. The maximum Gasteiger partial charge on any atom is 0.306 e. The third kappa shape index (κ3) is 3.97. The fourth-order valence-electron chi connectivity index (χ4n) is 2.88. The van der Waals surface area contributed by atoms with E-state index in [1.807, 2.05) is 19.1 Å². The average Bonchev–Trinajstić information content (AvgIpc) is 2.43. The monoisotopic (exact) mass is 277 g/mol. The van der Waals surface area contributed by atoms with E-state index in [1.54, 1.807) is 6.07 Å². The molecular formula is C16H23NO3. The van der Waals surface area contributed by atoms with Crippen LogP contribution in [0.2, 0.25) is 0 Å². The molecule has 0 aromatic heterocycles. The van der Waals surface area contributed by atoms with Gasteiger partial charge in [-0.05, 0) is 51.1 Å². The number of aromatic hydroxyl groups is 1. The Morgan fingerprint density at radius 2 is 2.00 bits per heavy atom. The molecule has 0 unspecified atom stereocenters. The van der Waals surface area contributed by atoms with Gasteiger partial charge in [-0.2, -0.15) is 0 Å². The van der Waals surface area contributed by atoms with Gasteiger partial charge >= 0.3 is 5.97 Å². The van der Waals surface area contributed by atoms with E-state index in [4.69, 9.17) is 5.11 Å². The van der Waals surface area contributed by atoms with Crippen LogP contribution in [0.3, 0.4) is 0 Å². The summed E-state index contributed by atoms with van der Waals surface area (Å²) >= 11 is 0. The highest BCUT2D eigenvalue weighted by molar-refractivity contribution is 5.69. The van der Waals surface area contributed by atoms with E-state index in [9.17, 15) is 9.90 Å². The van der Waals surface area contributed by atoms with Gasteiger partial charge in [-0.15, -0.1) is 0 Å². The van der Waals surface area contributed by atoms with E-state index in [-0.39, 0.29) is 5.92 Å². The zero-order valence-corrected chi connectivity index (χ0v) is 11.9. The van der Waals surface area contributed by atoms with E-state index < -0.39 is 5.97 Å². The minimum atomic E-state index is -0.652. The van der Waals surface area contributed by atoms with E-state index >= 15 is 0 Å². The Morgan fingerprint density at radius 3 is 2.65 bits per heavy atom. The van der Waals surface area contributed by atoms with E-state index in [0.717, 1.165) is 43.4 Å². The smallest absolute Gasteiger partial charge is 0.306 e. The van der Waals surface area contributed by atoms with Gasteiger partial charge in [-0.1, -0.05) is 17.7 Å². The number of phenolic OH excluding ortho intramolecular Hbond substituents is 1. The number of hydrogen-bond donors (Lipinski definition) is 3. The van der Waals surface area contributed by atoms with Crippen molar-refractivity contribution >= 4 is 5.97 Å². The normalized spacial score (nSPS) is 22.6. The largest absolute Gasteiger partial charge is 0.508 e. The van der Waals surface area contributed by atoms with Crippen LogP contribution in [-0.2, 0) is 11.3 Å². The molecule has 3 N–H and O–H groups in total. The lowest BCUT2D eigenvalue weighted by molar-refractivity contribution is -0.143. The molecule has 4 heteroatoms. The topological polar surface area (TPSA) is 69.6 Å². The van der Waals surface area contributed by atoms with Crippen molar-refractivity contribution in [3.63, 3.8) is 0 Å². The van der Waals surface area contributed by atoms with Gasteiger partial charge < -0.3 is 15.5 Å². The number of aryl methyl sites for hydroxylation is 1. The molecule has 2 rings (SSSR count). The fraction of sp³-hybridized carbons (Fsp3) is 0.562. The maximum atomic E-state index is 10.9. The summed E-state index contributed by atoms with van der Waals surface area (Å²) in [6, 6.07) is 5.61. The molecule has 0 amide bonds. The number of benzene rings is 1. The van der Waals surface area contributed by atoms with Gasteiger partial charge in [-0.3, -0.25) is 4.79 Å². The number of phenols is 1. The van der Waals surface area contributed by atoms with Crippen molar-refractivity contribution in [3.8, 4) is 5.75 Å². The first-order chi connectivity index (χ1) is 9.56. The maximum absolute atomic E-state index is 10.9. The van der Waals surface area contributed by atoms with Gasteiger partial charge in [0.15, 0.2) is 0 Å². The first kappa shape index (κ1) is 14.9. The van der Waals surface area contributed by atoms with Crippen molar-refractivity contribution in [1.29, 1.82) is 0 Å². The summed E-state index contributed by atoms with van der Waals surface area (Å²) in [5, 5.41) is 22.1. The Morgan fingerprint density at radius 1 is 1.30 bits per heavy atom. The molecule has 0 heterocycles. The summed E-state index contributed by atoms with van der Waals surface area (Å²) in [6.07, 6.45) is 3.53. The molecule has 1 aromatic rings. The van der Waals surface area contributed by atoms with Gasteiger partial charge in [0.05, 0.1) is 5.92 Å². The lowest BCUT2D eigenvalue weighted by Gasteiger charge is -2.26. The molecule has 1 saturated carbocycles. The first-order valence-corrected chi connectivity index (χ1v) is 7.28. The number of nitrogens with one attached hydrogen (secondary N) is 1. The minimum absolute atomic E-state index is 0.146. The van der Waals surface area contributed by atoms with Crippen LogP contribution >= 0.6 is 0 Å². The quantitative estimate of drug-likeness (QED) is 0.774. The average molecular weight is 277 g/mol. The van der Waals surface area contributed by atoms with Crippen LogP contribution in [0, 0.1) is 18.8 Å². The zero-order chi connectivity index (χ0) is 14.5. The van der Waals surface area contributed by atoms with E-state index in [2.05, 4.69) is 5.32 Å². The summed E-state index contributed by atoms with van der Waals surface area (Å²) < 4.78 is 0. The number of carboxylic acids is 1. The van der Waals surface area contributed by atoms with Gasteiger partial charge in [0, 0.05) is 12.1 Å². The number of carboxylic acid groups (broad SMARTS) is 1. The van der Waals surface area contributed by atoms with Crippen LogP contribution in [0.5, 0.6) is 5.75 Å². The molecule has 1 aliphatic carbocycles. The molecule has 110 valence electrons. The molecule has 4 nitrogen and oxygen atoms in total. The van der Waals surface area contributed by atoms with Crippen molar-refractivity contribution in [1.82, 2.24) is 5.32 Å². The Balaban J connectivity index is 1.74. The minimum Gasteiger partial charge on any atom is -0.508 e. The lowest BCUT2D eigenvalue weighted by atomic mass is 9.82. The Kier molecular flexibility index (Phi) is 5.01. The molecule has 0 saturated heterocycles. The second-order valence-corrected chi connectivity index (χ2v) is 5.82. The summed E-state index contributed by atoms with van der Waals surface area (Å²) in [4.78, 5) is 10.9.